The molecule has 2 rings (SSSR count). The van der Waals surface area contributed by atoms with Gasteiger partial charge in [0.05, 0.1) is 6.26 Å². The Kier molecular flexibility index (Phi) is 8.09. The van der Waals surface area contributed by atoms with E-state index in [0.29, 0.717) is 18.0 Å². The molecule has 2 N–H and O–H groups in total. The molecule has 7 heteroatoms. The molecular formula is C20H28N2O4S. The summed E-state index contributed by atoms with van der Waals surface area (Å²) in [5.41, 5.74) is 1.80. The van der Waals surface area contributed by atoms with Gasteiger partial charge in [0.15, 0.2) is 0 Å². The van der Waals surface area contributed by atoms with Crippen LogP contribution in [-0.4, -0.2) is 57.5 Å². The number of nitrogens with zero attached hydrogens (tertiary/aromatic N) is 1. The fraction of sp³-hybridized carbons (Fsp3) is 0.400. The Morgan fingerprint density at radius 2 is 1.78 bits per heavy atom. The molecule has 0 fully saturated rings. The molecule has 148 valence electrons. The van der Waals surface area contributed by atoms with Crippen LogP contribution < -0.4 is 9.46 Å². The van der Waals surface area contributed by atoms with E-state index >= 15 is 0 Å². The number of ether oxygens (including phenoxy) is 1. The first-order chi connectivity index (χ1) is 12.8. The second kappa shape index (κ2) is 10.3. The Bertz CT molecular complexity index is 779. The van der Waals surface area contributed by atoms with Crippen molar-refractivity contribution < 1.29 is 18.3 Å². The van der Waals surface area contributed by atoms with E-state index in [9.17, 15) is 13.5 Å². The van der Waals surface area contributed by atoms with Crippen LogP contribution in [-0.2, 0) is 16.4 Å². The van der Waals surface area contributed by atoms with Crippen molar-refractivity contribution >= 4 is 15.7 Å². The van der Waals surface area contributed by atoms with Crippen LogP contribution in [0, 0.1) is 0 Å². The minimum atomic E-state index is -3.29. The van der Waals surface area contributed by atoms with Gasteiger partial charge < -0.3 is 14.7 Å². The third-order valence-corrected chi connectivity index (χ3v) is 4.58. The lowest BCUT2D eigenvalue weighted by atomic mass is 10.1. The molecule has 6 nitrogen and oxygen atoms in total. The molecule has 0 bridgehead atoms. The van der Waals surface area contributed by atoms with Crippen LogP contribution in [0.5, 0.6) is 5.75 Å². The molecule has 0 saturated heterocycles. The zero-order valence-corrected chi connectivity index (χ0v) is 16.7. The fourth-order valence-corrected chi connectivity index (χ4v) is 3.29. The van der Waals surface area contributed by atoms with Crippen molar-refractivity contribution in [1.29, 1.82) is 0 Å². The number of anilines is 1. The monoisotopic (exact) mass is 392 g/mol. The third kappa shape index (κ3) is 8.90. The molecule has 1 atom stereocenters. The van der Waals surface area contributed by atoms with E-state index in [4.69, 9.17) is 4.74 Å². The number of likely N-dealkylation sites (N-methyl/N-ethyl adjacent to an activating group) is 1. The van der Waals surface area contributed by atoms with Crippen LogP contribution in [0.4, 0.5) is 5.69 Å². The van der Waals surface area contributed by atoms with Crippen LogP contribution >= 0.6 is 0 Å². The van der Waals surface area contributed by atoms with Gasteiger partial charge in [-0.25, -0.2) is 8.42 Å². The topological polar surface area (TPSA) is 78.9 Å². The maximum atomic E-state index is 11.2. The summed E-state index contributed by atoms with van der Waals surface area (Å²) in [5, 5.41) is 10.1. The molecule has 0 heterocycles. The minimum absolute atomic E-state index is 0.182. The Morgan fingerprint density at radius 3 is 2.41 bits per heavy atom. The number of aryl methyl sites for hydroxylation is 1. The summed E-state index contributed by atoms with van der Waals surface area (Å²) in [6.45, 7) is 1.61. The van der Waals surface area contributed by atoms with Gasteiger partial charge in [0.25, 0.3) is 0 Å². The second-order valence-corrected chi connectivity index (χ2v) is 8.46. The summed E-state index contributed by atoms with van der Waals surface area (Å²) < 4.78 is 30.3. The molecule has 2 aromatic rings. The van der Waals surface area contributed by atoms with Gasteiger partial charge in [-0.15, -0.1) is 0 Å². The SMILES string of the molecule is CN(CCCc1ccccc1)CC(O)COc1ccc(NS(C)(=O)=O)cc1. The minimum Gasteiger partial charge on any atom is -0.491 e. The highest BCUT2D eigenvalue weighted by Crippen LogP contribution is 2.16. The average molecular weight is 393 g/mol. The standard InChI is InChI=1S/C20H28N2O4S/c1-22(14-6-9-17-7-4-3-5-8-17)15-19(23)16-26-20-12-10-18(11-13-20)21-27(2,24)25/h3-5,7-8,10-13,19,21,23H,6,9,14-16H2,1-2H3. The number of aliphatic hydroxyl groups excluding tert-OH is 1. The van der Waals surface area contributed by atoms with Crippen molar-refractivity contribution in [3.63, 3.8) is 0 Å². The van der Waals surface area contributed by atoms with Crippen molar-refractivity contribution in [2.24, 2.45) is 0 Å². The van der Waals surface area contributed by atoms with Gasteiger partial charge in [-0.1, -0.05) is 30.3 Å². The molecule has 0 aliphatic carbocycles. The van der Waals surface area contributed by atoms with Crippen molar-refractivity contribution in [3.8, 4) is 5.75 Å². The number of aliphatic hydroxyl groups is 1. The molecule has 0 radical (unpaired) electrons. The molecule has 0 saturated carbocycles. The van der Waals surface area contributed by atoms with Crippen LogP contribution in [0.1, 0.15) is 12.0 Å². The fourth-order valence-electron chi connectivity index (χ4n) is 2.73. The van der Waals surface area contributed by atoms with Crippen molar-refractivity contribution in [3.05, 3.63) is 60.2 Å². The van der Waals surface area contributed by atoms with Crippen LogP contribution in [0.15, 0.2) is 54.6 Å². The van der Waals surface area contributed by atoms with Crippen molar-refractivity contribution in [2.45, 2.75) is 18.9 Å². The highest BCUT2D eigenvalue weighted by atomic mass is 32.2. The van der Waals surface area contributed by atoms with Gasteiger partial charge in [0, 0.05) is 12.2 Å². The number of benzene rings is 2. The molecular weight excluding hydrogens is 364 g/mol. The van der Waals surface area contributed by atoms with Gasteiger partial charge in [0.1, 0.15) is 18.5 Å². The molecule has 27 heavy (non-hydrogen) atoms. The zero-order valence-electron chi connectivity index (χ0n) is 15.8. The largest absolute Gasteiger partial charge is 0.491 e. The predicted molar refractivity (Wildman–Crippen MR) is 109 cm³/mol. The third-order valence-electron chi connectivity index (χ3n) is 3.97. The average Bonchev–Trinajstić information content (AvgIpc) is 2.61. The lowest BCUT2D eigenvalue weighted by Gasteiger charge is -2.20. The lowest BCUT2D eigenvalue weighted by Crippen LogP contribution is -2.33. The lowest BCUT2D eigenvalue weighted by molar-refractivity contribution is 0.0761. The van der Waals surface area contributed by atoms with E-state index in [2.05, 4.69) is 21.8 Å². The highest BCUT2D eigenvalue weighted by molar-refractivity contribution is 7.92. The smallest absolute Gasteiger partial charge is 0.229 e. The summed E-state index contributed by atoms with van der Waals surface area (Å²) in [6, 6.07) is 16.9. The van der Waals surface area contributed by atoms with E-state index in [-0.39, 0.29) is 6.61 Å². The van der Waals surface area contributed by atoms with E-state index < -0.39 is 16.1 Å². The first-order valence-electron chi connectivity index (χ1n) is 8.93. The summed E-state index contributed by atoms with van der Waals surface area (Å²) in [7, 11) is -1.31. The van der Waals surface area contributed by atoms with Gasteiger partial charge in [-0.05, 0) is 56.3 Å². The molecule has 0 aliphatic heterocycles. The molecule has 2 aromatic carbocycles. The number of hydrogen-bond acceptors (Lipinski definition) is 5. The summed E-state index contributed by atoms with van der Waals surface area (Å²) in [6.07, 6.45) is 2.55. The number of hydrogen-bond donors (Lipinski definition) is 2. The first kappa shape index (κ1) is 21.2. The van der Waals surface area contributed by atoms with Gasteiger partial charge >= 0.3 is 0 Å². The second-order valence-electron chi connectivity index (χ2n) is 6.71. The van der Waals surface area contributed by atoms with Gasteiger partial charge in [0.2, 0.25) is 10.0 Å². The Balaban J connectivity index is 1.66. The quantitative estimate of drug-likeness (QED) is 0.614. The first-order valence-corrected chi connectivity index (χ1v) is 10.8. The highest BCUT2D eigenvalue weighted by Gasteiger charge is 2.09. The molecule has 1 unspecified atom stereocenters. The molecule has 0 spiro atoms. The Labute approximate surface area is 161 Å². The van der Waals surface area contributed by atoms with Crippen LogP contribution in [0.25, 0.3) is 0 Å². The molecule has 0 amide bonds. The zero-order chi connectivity index (χ0) is 19.7. The number of sulfonamides is 1. The van der Waals surface area contributed by atoms with Gasteiger partial charge in [-0.3, -0.25) is 4.72 Å². The van der Waals surface area contributed by atoms with E-state index in [1.807, 2.05) is 25.2 Å². The van der Waals surface area contributed by atoms with Gasteiger partial charge in [-0.2, -0.15) is 0 Å². The predicted octanol–water partition coefficient (Wildman–Crippen LogP) is 2.36. The van der Waals surface area contributed by atoms with Crippen molar-refractivity contribution in [2.75, 3.05) is 37.7 Å². The molecule has 0 aliphatic rings. The van der Waals surface area contributed by atoms with E-state index in [0.717, 1.165) is 25.6 Å². The maximum absolute atomic E-state index is 11.2. The number of nitrogens with one attached hydrogen (secondary N) is 1. The van der Waals surface area contributed by atoms with Crippen LogP contribution in [0.2, 0.25) is 0 Å². The van der Waals surface area contributed by atoms with E-state index in [1.165, 1.54) is 5.56 Å². The normalized spacial score (nSPS) is 12.7. The maximum Gasteiger partial charge on any atom is 0.229 e. The molecule has 0 aromatic heterocycles. The summed E-state index contributed by atoms with van der Waals surface area (Å²) >= 11 is 0. The van der Waals surface area contributed by atoms with E-state index in [1.54, 1.807) is 24.3 Å². The Morgan fingerprint density at radius 1 is 1.11 bits per heavy atom. The number of rotatable bonds is 11. The summed E-state index contributed by atoms with van der Waals surface area (Å²) in [5.74, 6) is 0.583. The van der Waals surface area contributed by atoms with Crippen molar-refractivity contribution in [1.82, 2.24) is 4.90 Å². The van der Waals surface area contributed by atoms with Crippen LogP contribution in [0.3, 0.4) is 0 Å². The summed E-state index contributed by atoms with van der Waals surface area (Å²) in [4.78, 5) is 2.09. The Hall–Kier alpha value is -2.09.